The quantitative estimate of drug-likeness (QED) is 0.838. The maximum Gasteiger partial charge on any atom is 0.0605 e. The third kappa shape index (κ3) is 3.08. The van der Waals surface area contributed by atoms with Crippen molar-refractivity contribution in [2.45, 2.75) is 27.3 Å². The molecule has 0 heterocycles. The summed E-state index contributed by atoms with van der Waals surface area (Å²) in [5.41, 5.74) is 12.0. The highest BCUT2D eigenvalue weighted by molar-refractivity contribution is 5.68. The van der Waals surface area contributed by atoms with Crippen LogP contribution in [0.2, 0.25) is 0 Å². The lowest BCUT2D eigenvalue weighted by Crippen LogP contribution is -2.23. The minimum atomic E-state index is 0.848. The predicted molar refractivity (Wildman–Crippen MR) is 83.5 cm³/mol. The molecule has 0 amide bonds. The lowest BCUT2D eigenvalue weighted by Gasteiger charge is -2.26. The number of benzene rings is 2. The summed E-state index contributed by atoms with van der Waals surface area (Å²) in [5.74, 6) is 0. The number of nitrogens with zero attached hydrogens (tertiary/aromatic N) is 1. The third-order valence-electron chi connectivity index (χ3n) is 3.53. The summed E-state index contributed by atoms with van der Waals surface area (Å²) in [4.78, 5) is 2.32. The van der Waals surface area contributed by atoms with Gasteiger partial charge in [-0.3, -0.25) is 0 Å². The number of rotatable bonds is 4. The predicted octanol–water partition coefficient (Wildman–Crippen LogP) is 3.91. The molecule has 100 valence electrons. The largest absolute Gasteiger partial charge is 0.397 e. The number of hydrogen-bond donors (Lipinski definition) is 1. The maximum atomic E-state index is 6.12. The van der Waals surface area contributed by atoms with Crippen molar-refractivity contribution in [3.63, 3.8) is 0 Å². The van der Waals surface area contributed by atoms with Gasteiger partial charge in [-0.1, -0.05) is 30.3 Å². The molecule has 0 spiro atoms. The molecule has 2 aromatic rings. The molecule has 0 fully saturated rings. The normalized spacial score (nSPS) is 10.5. The fraction of sp³-hybridized carbons (Fsp3) is 0.294. The highest BCUT2D eigenvalue weighted by Crippen LogP contribution is 2.26. The van der Waals surface area contributed by atoms with Crippen LogP contribution in [0.5, 0.6) is 0 Å². The van der Waals surface area contributed by atoms with Crippen LogP contribution in [-0.4, -0.2) is 6.54 Å². The van der Waals surface area contributed by atoms with Crippen LogP contribution in [0.1, 0.15) is 23.6 Å². The molecule has 0 aromatic heterocycles. The molecule has 0 aliphatic heterocycles. The first kappa shape index (κ1) is 13.5. The number of hydrogen-bond acceptors (Lipinski definition) is 2. The van der Waals surface area contributed by atoms with Gasteiger partial charge in [-0.25, -0.2) is 0 Å². The molecule has 0 radical (unpaired) electrons. The Labute approximate surface area is 115 Å². The highest BCUT2D eigenvalue weighted by atomic mass is 15.1. The van der Waals surface area contributed by atoms with E-state index in [1.165, 1.54) is 16.7 Å². The van der Waals surface area contributed by atoms with Crippen LogP contribution >= 0.6 is 0 Å². The first-order chi connectivity index (χ1) is 9.11. The van der Waals surface area contributed by atoms with E-state index in [1.54, 1.807) is 0 Å². The number of nitrogens with two attached hydrogens (primary N) is 1. The van der Waals surface area contributed by atoms with E-state index >= 15 is 0 Å². The summed E-state index contributed by atoms with van der Waals surface area (Å²) >= 11 is 0. The van der Waals surface area contributed by atoms with E-state index in [2.05, 4.69) is 62.1 Å². The van der Waals surface area contributed by atoms with Crippen molar-refractivity contribution in [2.24, 2.45) is 0 Å². The number of aryl methyl sites for hydroxylation is 2. The van der Waals surface area contributed by atoms with E-state index in [0.29, 0.717) is 0 Å². The Bertz CT molecular complexity index is 561. The molecule has 0 aliphatic rings. The van der Waals surface area contributed by atoms with Crippen LogP contribution in [0.15, 0.2) is 42.5 Å². The maximum absolute atomic E-state index is 6.12. The molecular formula is C17H22N2. The molecule has 2 heteroatoms. The topological polar surface area (TPSA) is 29.3 Å². The summed E-state index contributed by atoms with van der Waals surface area (Å²) in [7, 11) is 0. The number of anilines is 2. The Morgan fingerprint density at radius 1 is 1.05 bits per heavy atom. The first-order valence-electron chi connectivity index (χ1n) is 6.77. The molecule has 2 N–H and O–H groups in total. The fourth-order valence-electron chi connectivity index (χ4n) is 2.29. The summed E-state index contributed by atoms with van der Waals surface area (Å²) in [6, 6.07) is 14.7. The molecule has 19 heavy (non-hydrogen) atoms. The van der Waals surface area contributed by atoms with Gasteiger partial charge >= 0.3 is 0 Å². The second-order valence-electron chi connectivity index (χ2n) is 5.00. The van der Waals surface area contributed by atoms with E-state index in [0.717, 1.165) is 24.5 Å². The van der Waals surface area contributed by atoms with Crippen LogP contribution in [0.4, 0.5) is 11.4 Å². The molecular weight excluding hydrogens is 232 g/mol. The van der Waals surface area contributed by atoms with Crippen molar-refractivity contribution in [2.75, 3.05) is 17.2 Å². The van der Waals surface area contributed by atoms with E-state index in [1.807, 2.05) is 6.07 Å². The van der Waals surface area contributed by atoms with Crippen LogP contribution in [0.25, 0.3) is 0 Å². The Kier molecular flexibility index (Phi) is 4.10. The first-order valence-corrected chi connectivity index (χ1v) is 6.77. The lowest BCUT2D eigenvalue weighted by atomic mass is 10.1. The van der Waals surface area contributed by atoms with E-state index in [4.69, 9.17) is 5.73 Å². The van der Waals surface area contributed by atoms with Crippen LogP contribution < -0.4 is 10.6 Å². The van der Waals surface area contributed by atoms with Gasteiger partial charge in [0.15, 0.2) is 0 Å². The van der Waals surface area contributed by atoms with Crippen molar-refractivity contribution in [3.05, 3.63) is 59.2 Å². The second kappa shape index (κ2) is 5.79. The SMILES string of the molecule is CCN(Cc1ccccc1C)c1cc(C)ccc1N. The molecule has 0 saturated heterocycles. The molecule has 2 rings (SSSR count). The van der Waals surface area contributed by atoms with Gasteiger partial charge < -0.3 is 10.6 Å². The monoisotopic (exact) mass is 254 g/mol. The van der Waals surface area contributed by atoms with Crippen LogP contribution in [0, 0.1) is 13.8 Å². The van der Waals surface area contributed by atoms with Crippen molar-refractivity contribution in [3.8, 4) is 0 Å². The smallest absolute Gasteiger partial charge is 0.0605 e. The zero-order valence-electron chi connectivity index (χ0n) is 12.0. The van der Waals surface area contributed by atoms with Gasteiger partial charge in [0.2, 0.25) is 0 Å². The summed E-state index contributed by atoms with van der Waals surface area (Å²) in [6.45, 7) is 8.27. The minimum Gasteiger partial charge on any atom is -0.397 e. The lowest BCUT2D eigenvalue weighted by molar-refractivity contribution is 0.828. The van der Waals surface area contributed by atoms with Gasteiger partial charge in [0.05, 0.1) is 11.4 Å². The van der Waals surface area contributed by atoms with Crippen molar-refractivity contribution < 1.29 is 0 Å². The Balaban J connectivity index is 2.30. The van der Waals surface area contributed by atoms with Gasteiger partial charge in [0, 0.05) is 13.1 Å². The van der Waals surface area contributed by atoms with Crippen molar-refractivity contribution in [1.82, 2.24) is 0 Å². The van der Waals surface area contributed by atoms with Gasteiger partial charge in [-0.2, -0.15) is 0 Å². The molecule has 0 saturated carbocycles. The van der Waals surface area contributed by atoms with E-state index in [9.17, 15) is 0 Å². The highest BCUT2D eigenvalue weighted by Gasteiger charge is 2.10. The van der Waals surface area contributed by atoms with Gasteiger partial charge in [-0.15, -0.1) is 0 Å². The standard InChI is InChI=1S/C17H22N2/c1-4-19(12-15-8-6-5-7-14(15)3)17-11-13(2)9-10-16(17)18/h5-11H,4,12,18H2,1-3H3. The third-order valence-corrected chi connectivity index (χ3v) is 3.53. The van der Waals surface area contributed by atoms with Gasteiger partial charge in [-0.05, 0) is 49.6 Å². The average Bonchev–Trinajstić information content (AvgIpc) is 2.41. The number of nitrogen functional groups attached to an aromatic ring is 1. The van der Waals surface area contributed by atoms with E-state index < -0.39 is 0 Å². The molecule has 0 bridgehead atoms. The van der Waals surface area contributed by atoms with Crippen LogP contribution in [0.3, 0.4) is 0 Å². The zero-order chi connectivity index (χ0) is 13.8. The van der Waals surface area contributed by atoms with Crippen molar-refractivity contribution >= 4 is 11.4 Å². The minimum absolute atomic E-state index is 0.848. The van der Waals surface area contributed by atoms with Gasteiger partial charge in [0.1, 0.15) is 0 Å². The van der Waals surface area contributed by atoms with Gasteiger partial charge in [0.25, 0.3) is 0 Å². The Hall–Kier alpha value is -1.96. The summed E-state index contributed by atoms with van der Waals surface area (Å²) in [6.07, 6.45) is 0. The molecule has 0 atom stereocenters. The van der Waals surface area contributed by atoms with Crippen LogP contribution in [-0.2, 0) is 6.54 Å². The van der Waals surface area contributed by atoms with Crippen molar-refractivity contribution in [1.29, 1.82) is 0 Å². The zero-order valence-corrected chi connectivity index (χ0v) is 12.0. The Morgan fingerprint density at radius 2 is 1.79 bits per heavy atom. The Morgan fingerprint density at radius 3 is 2.47 bits per heavy atom. The molecule has 2 aromatic carbocycles. The molecule has 2 nitrogen and oxygen atoms in total. The molecule has 0 unspecified atom stereocenters. The average molecular weight is 254 g/mol. The van der Waals surface area contributed by atoms with E-state index in [-0.39, 0.29) is 0 Å². The fourth-order valence-corrected chi connectivity index (χ4v) is 2.29. The summed E-state index contributed by atoms with van der Waals surface area (Å²) in [5, 5.41) is 0. The summed E-state index contributed by atoms with van der Waals surface area (Å²) < 4.78 is 0. The molecule has 0 aliphatic carbocycles. The second-order valence-corrected chi connectivity index (χ2v) is 5.00.